The maximum Gasteiger partial charge on any atom is 0.0700 e. The fourth-order valence-electron chi connectivity index (χ4n) is 1.97. The number of rotatable bonds is 6. The Bertz CT molecular complexity index is 141. The molecule has 14 heavy (non-hydrogen) atoms. The van der Waals surface area contributed by atoms with Crippen molar-refractivity contribution in [1.29, 1.82) is 0 Å². The molecule has 0 saturated heterocycles. The van der Waals surface area contributed by atoms with Crippen LogP contribution in [-0.4, -0.2) is 31.8 Å². The first kappa shape index (κ1) is 12.5. The molecule has 84 valence electrons. The topological polar surface area (TPSA) is 18.5 Å². The van der Waals surface area contributed by atoms with Crippen molar-refractivity contribution >= 4 is 15.9 Å². The molecule has 2 nitrogen and oxygen atoms in total. The molecular weight excluding hydrogens is 244 g/mol. The molecule has 0 aromatic heterocycles. The molecule has 0 aromatic rings. The van der Waals surface area contributed by atoms with Crippen LogP contribution in [0.4, 0.5) is 0 Å². The van der Waals surface area contributed by atoms with Crippen molar-refractivity contribution in [3.8, 4) is 0 Å². The van der Waals surface area contributed by atoms with E-state index in [0.29, 0.717) is 6.61 Å². The lowest BCUT2D eigenvalue weighted by Crippen LogP contribution is -2.21. The highest BCUT2D eigenvalue weighted by molar-refractivity contribution is 9.09. The molecule has 0 N–H and O–H groups in total. The Morgan fingerprint density at radius 1 is 1.14 bits per heavy atom. The zero-order valence-corrected chi connectivity index (χ0v) is 10.6. The van der Waals surface area contributed by atoms with Crippen LogP contribution in [0.1, 0.15) is 32.1 Å². The predicted molar refractivity (Wildman–Crippen MR) is 62.0 cm³/mol. The van der Waals surface area contributed by atoms with Gasteiger partial charge in [-0.1, -0.05) is 28.8 Å². The maximum absolute atomic E-state index is 5.48. The van der Waals surface area contributed by atoms with Crippen LogP contribution in [0.2, 0.25) is 0 Å². The molecule has 1 rings (SSSR count). The van der Waals surface area contributed by atoms with Crippen molar-refractivity contribution in [3.05, 3.63) is 0 Å². The van der Waals surface area contributed by atoms with Gasteiger partial charge in [0.2, 0.25) is 0 Å². The molecule has 0 spiro atoms. The van der Waals surface area contributed by atoms with Crippen molar-refractivity contribution < 1.29 is 9.47 Å². The zero-order chi connectivity index (χ0) is 10.2. The third kappa shape index (κ3) is 4.76. The number of halogens is 1. The summed E-state index contributed by atoms with van der Waals surface area (Å²) < 4.78 is 10.4. The molecule has 0 bridgehead atoms. The summed E-state index contributed by atoms with van der Waals surface area (Å²) in [5.41, 5.74) is 0. The molecule has 3 heteroatoms. The monoisotopic (exact) mass is 264 g/mol. The minimum Gasteiger partial charge on any atom is -0.382 e. The van der Waals surface area contributed by atoms with Crippen LogP contribution in [0.3, 0.4) is 0 Å². The van der Waals surface area contributed by atoms with Crippen LogP contribution >= 0.6 is 15.9 Å². The number of hydrogen-bond acceptors (Lipinski definition) is 2. The van der Waals surface area contributed by atoms with Crippen LogP contribution in [0.15, 0.2) is 0 Å². The molecule has 0 amide bonds. The van der Waals surface area contributed by atoms with E-state index in [1.165, 1.54) is 32.1 Å². The molecule has 0 heterocycles. The second kappa shape index (κ2) is 7.66. The first-order valence-electron chi connectivity index (χ1n) is 5.55. The summed E-state index contributed by atoms with van der Waals surface area (Å²) in [5, 5.41) is 0. The van der Waals surface area contributed by atoms with Gasteiger partial charge in [0.05, 0.1) is 13.2 Å². The molecule has 1 fully saturated rings. The van der Waals surface area contributed by atoms with Crippen LogP contribution < -0.4 is 0 Å². The molecule has 0 aliphatic heterocycles. The Labute approximate surface area is 95.5 Å². The Balaban J connectivity index is 1.99. The summed E-state index contributed by atoms with van der Waals surface area (Å²) in [7, 11) is 1.71. The lowest BCUT2D eigenvalue weighted by atomic mass is 9.87. The summed E-state index contributed by atoms with van der Waals surface area (Å²) >= 11 is 3.76. The number of alkyl halides is 1. The van der Waals surface area contributed by atoms with E-state index < -0.39 is 0 Å². The van der Waals surface area contributed by atoms with E-state index in [1.807, 2.05) is 0 Å². The highest BCUT2D eigenvalue weighted by Crippen LogP contribution is 2.31. The largest absolute Gasteiger partial charge is 0.382 e. The number of ether oxygens (including phenoxy) is 2. The standard InChI is InChI=1S/C11H21BrO2/c1-13-8-9-14-7-6-10-4-2-3-5-11(10)12/h10-11H,2-9H2,1H3. The Morgan fingerprint density at radius 3 is 2.64 bits per heavy atom. The predicted octanol–water partition coefficient (Wildman–Crippen LogP) is 2.99. The van der Waals surface area contributed by atoms with Crippen molar-refractivity contribution in [3.63, 3.8) is 0 Å². The van der Waals surface area contributed by atoms with Gasteiger partial charge in [0.15, 0.2) is 0 Å². The molecule has 0 aromatic carbocycles. The first-order chi connectivity index (χ1) is 6.84. The van der Waals surface area contributed by atoms with E-state index in [4.69, 9.17) is 9.47 Å². The van der Waals surface area contributed by atoms with Crippen LogP contribution in [-0.2, 0) is 9.47 Å². The third-order valence-electron chi connectivity index (χ3n) is 2.88. The van der Waals surface area contributed by atoms with Gasteiger partial charge in [0, 0.05) is 18.5 Å². The lowest BCUT2D eigenvalue weighted by Gasteiger charge is -2.27. The fraction of sp³-hybridized carbons (Fsp3) is 1.00. The van der Waals surface area contributed by atoms with E-state index in [0.717, 1.165) is 24.0 Å². The molecule has 2 atom stereocenters. The van der Waals surface area contributed by atoms with E-state index in [9.17, 15) is 0 Å². The van der Waals surface area contributed by atoms with Gasteiger partial charge in [-0.05, 0) is 25.2 Å². The van der Waals surface area contributed by atoms with Gasteiger partial charge in [0.1, 0.15) is 0 Å². The van der Waals surface area contributed by atoms with Crippen LogP contribution in [0.25, 0.3) is 0 Å². The molecule has 0 radical (unpaired) electrons. The quantitative estimate of drug-likeness (QED) is 0.543. The van der Waals surface area contributed by atoms with Crippen molar-refractivity contribution in [2.75, 3.05) is 26.9 Å². The van der Waals surface area contributed by atoms with Gasteiger partial charge < -0.3 is 9.47 Å². The SMILES string of the molecule is COCCOCCC1CCCCC1Br. The lowest BCUT2D eigenvalue weighted by molar-refractivity contribution is 0.0618. The minimum atomic E-state index is 0.711. The van der Waals surface area contributed by atoms with E-state index in [2.05, 4.69) is 15.9 Å². The van der Waals surface area contributed by atoms with Crippen LogP contribution in [0, 0.1) is 5.92 Å². The Morgan fingerprint density at radius 2 is 1.93 bits per heavy atom. The normalized spacial score (nSPS) is 27.9. The second-order valence-corrected chi connectivity index (χ2v) is 5.13. The van der Waals surface area contributed by atoms with Gasteiger partial charge in [-0.3, -0.25) is 0 Å². The second-order valence-electron chi connectivity index (χ2n) is 3.95. The van der Waals surface area contributed by atoms with Gasteiger partial charge in [-0.2, -0.15) is 0 Å². The van der Waals surface area contributed by atoms with Gasteiger partial charge in [-0.25, -0.2) is 0 Å². The average molecular weight is 265 g/mol. The van der Waals surface area contributed by atoms with Crippen molar-refractivity contribution in [2.24, 2.45) is 5.92 Å². The van der Waals surface area contributed by atoms with Crippen molar-refractivity contribution in [1.82, 2.24) is 0 Å². The third-order valence-corrected chi connectivity index (χ3v) is 4.09. The summed E-state index contributed by atoms with van der Waals surface area (Å²) in [5.74, 6) is 0.825. The maximum atomic E-state index is 5.48. The molecule has 1 saturated carbocycles. The number of hydrogen-bond donors (Lipinski definition) is 0. The molecule has 1 aliphatic rings. The van der Waals surface area contributed by atoms with Gasteiger partial charge >= 0.3 is 0 Å². The average Bonchev–Trinajstić information content (AvgIpc) is 2.20. The summed E-state index contributed by atoms with van der Waals surface area (Å²) in [6.07, 6.45) is 6.67. The van der Waals surface area contributed by atoms with E-state index in [-0.39, 0.29) is 0 Å². The Kier molecular flexibility index (Phi) is 6.82. The fourth-order valence-corrected chi connectivity index (χ4v) is 2.82. The molecular formula is C11H21BrO2. The van der Waals surface area contributed by atoms with Crippen molar-refractivity contribution in [2.45, 2.75) is 36.9 Å². The first-order valence-corrected chi connectivity index (χ1v) is 6.47. The van der Waals surface area contributed by atoms with E-state index >= 15 is 0 Å². The highest BCUT2D eigenvalue weighted by Gasteiger charge is 2.21. The Hall–Kier alpha value is 0.400. The zero-order valence-electron chi connectivity index (χ0n) is 9.01. The van der Waals surface area contributed by atoms with Gasteiger partial charge in [-0.15, -0.1) is 0 Å². The van der Waals surface area contributed by atoms with Gasteiger partial charge in [0.25, 0.3) is 0 Å². The molecule has 1 aliphatic carbocycles. The van der Waals surface area contributed by atoms with E-state index in [1.54, 1.807) is 7.11 Å². The highest BCUT2D eigenvalue weighted by atomic mass is 79.9. The van der Waals surface area contributed by atoms with Crippen LogP contribution in [0.5, 0.6) is 0 Å². The smallest absolute Gasteiger partial charge is 0.0700 e. The summed E-state index contributed by atoms with van der Waals surface area (Å²) in [6.45, 7) is 2.33. The summed E-state index contributed by atoms with van der Waals surface area (Å²) in [6, 6.07) is 0. The minimum absolute atomic E-state index is 0.711. The number of methoxy groups -OCH3 is 1. The molecule has 2 unspecified atom stereocenters. The summed E-state index contributed by atoms with van der Waals surface area (Å²) in [4.78, 5) is 0.724.